The molecule has 0 bridgehead atoms. The summed E-state index contributed by atoms with van der Waals surface area (Å²) in [6, 6.07) is 1.24. The summed E-state index contributed by atoms with van der Waals surface area (Å²) in [4.78, 5) is 0. The smallest absolute Gasteiger partial charge is 0.399 e. The maximum atomic E-state index is 12.5. The monoisotopic (exact) mass is 269 g/mol. The molecule has 0 fully saturated rings. The van der Waals surface area contributed by atoms with Gasteiger partial charge in [-0.25, -0.2) is 0 Å². The first-order valence-electron chi connectivity index (χ1n) is 4.77. The van der Waals surface area contributed by atoms with Gasteiger partial charge in [-0.3, -0.25) is 0 Å². The lowest BCUT2D eigenvalue weighted by Crippen LogP contribution is -2.12. The molecule has 100 valence electrons. The molecule has 7 heteroatoms. The number of nitrogens with two attached hydrogens (primary N) is 1. The van der Waals surface area contributed by atoms with Crippen molar-refractivity contribution in [2.24, 2.45) is 5.73 Å². The minimum Gasteiger partial charge on any atom is -0.399 e. The van der Waals surface area contributed by atoms with Crippen molar-refractivity contribution in [2.45, 2.75) is 19.3 Å². The number of hydrogen-bond acceptors (Lipinski definition) is 1. The number of alkyl halides is 6. The molecule has 1 rings (SSSR count). The lowest BCUT2D eigenvalue weighted by Gasteiger charge is -2.14. The average Bonchev–Trinajstić information content (AvgIpc) is 2.25. The molecule has 0 radical (unpaired) electrons. The van der Waals surface area contributed by atoms with Gasteiger partial charge in [-0.05, 0) is 30.7 Å². The van der Waals surface area contributed by atoms with Crippen molar-refractivity contribution < 1.29 is 26.3 Å². The zero-order valence-corrected chi connectivity index (χ0v) is 9.15. The van der Waals surface area contributed by atoms with Crippen LogP contribution in [0.15, 0.2) is 24.3 Å². The molecule has 0 atom stereocenters. The topological polar surface area (TPSA) is 26.0 Å². The lowest BCUT2D eigenvalue weighted by atomic mass is 10.0. The summed E-state index contributed by atoms with van der Waals surface area (Å²) in [6.07, 6.45) is -8.48. The second kappa shape index (κ2) is 4.55. The molecule has 0 unspecified atom stereocenters. The van der Waals surface area contributed by atoms with Crippen LogP contribution in [0.4, 0.5) is 26.3 Å². The lowest BCUT2D eigenvalue weighted by molar-refractivity contribution is -0.143. The molecule has 18 heavy (non-hydrogen) atoms. The summed E-state index contributed by atoms with van der Waals surface area (Å²) in [6.45, 7) is 1.42. The summed E-state index contributed by atoms with van der Waals surface area (Å²) < 4.78 is 74.9. The van der Waals surface area contributed by atoms with Crippen molar-refractivity contribution >= 4 is 5.70 Å². The highest BCUT2D eigenvalue weighted by Gasteiger charge is 2.36. The van der Waals surface area contributed by atoms with E-state index in [2.05, 4.69) is 0 Å². The van der Waals surface area contributed by atoms with Gasteiger partial charge in [0.15, 0.2) is 0 Å². The number of benzene rings is 1. The molecule has 1 nitrogen and oxygen atoms in total. The fourth-order valence-electron chi connectivity index (χ4n) is 1.29. The SMILES string of the molecule is CC=C(N)c1cc(C(F)(F)F)cc(C(F)(F)F)c1. The number of allylic oxidation sites excluding steroid dienone is 1. The first-order valence-corrected chi connectivity index (χ1v) is 4.77. The van der Waals surface area contributed by atoms with E-state index in [1.54, 1.807) is 0 Å². The predicted molar refractivity (Wildman–Crippen MR) is 54.3 cm³/mol. The molecule has 0 spiro atoms. The molecule has 0 aliphatic rings. The first-order chi connectivity index (χ1) is 8.05. The highest BCUT2D eigenvalue weighted by Crippen LogP contribution is 2.37. The Balaban J connectivity index is 3.49. The average molecular weight is 269 g/mol. The highest BCUT2D eigenvalue weighted by atomic mass is 19.4. The Kier molecular flexibility index (Phi) is 3.64. The van der Waals surface area contributed by atoms with Crippen molar-refractivity contribution in [3.05, 3.63) is 41.0 Å². The number of hydrogen-bond donors (Lipinski definition) is 1. The molecule has 0 aromatic heterocycles. The molecular formula is C11H9F6N. The van der Waals surface area contributed by atoms with Crippen LogP contribution in [0.5, 0.6) is 0 Å². The van der Waals surface area contributed by atoms with Crippen LogP contribution in [0.1, 0.15) is 23.6 Å². The van der Waals surface area contributed by atoms with E-state index in [1.165, 1.54) is 13.0 Å². The summed E-state index contributed by atoms with van der Waals surface area (Å²) in [5.74, 6) is 0. The third-order valence-electron chi connectivity index (χ3n) is 2.23. The molecule has 0 heterocycles. The first kappa shape index (κ1) is 14.4. The maximum Gasteiger partial charge on any atom is 0.416 e. The van der Waals surface area contributed by atoms with E-state index in [0.29, 0.717) is 12.1 Å². The van der Waals surface area contributed by atoms with E-state index < -0.39 is 23.5 Å². The molecule has 1 aromatic rings. The molecule has 1 aromatic carbocycles. The summed E-state index contributed by atoms with van der Waals surface area (Å²) >= 11 is 0. The Morgan fingerprint density at radius 2 is 1.33 bits per heavy atom. The van der Waals surface area contributed by atoms with Crippen molar-refractivity contribution in [1.29, 1.82) is 0 Å². The third-order valence-corrected chi connectivity index (χ3v) is 2.23. The molecule has 0 aliphatic carbocycles. The second-order valence-corrected chi connectivity index (χ2v) is 3.54. The van der Waals surface area contributed by atoms with Crippen LogP contribution in [0, 0.1) is 0 Å². The molecule has 0 saturated carbocycles. The van der Waals surface area contributed by atoms with Gasteiger partial charge in [0, 0.05) is 5.70 Å². The summed E-state index contributed by atoms with van der Waals surface area (Å²) in [7, 11) is 0. The van der Waals surface area contributed by atoms with E-state index in [-0.39, 0.29) is 17.3 Å². The Bertz CT molecular complexity index is 437. The minimum atomic E-state index is -4.86. The molecule has 0 saturated heterocycles. The van der Waals surface area contributed by atoms with Crippen molar-refractivity contribution in [3.8, 4) is 0 Å². The van der Waals surface area contributed by atoms with Crippen LogP contribution in [-0.2, 0) is 12.4 Å². The van der Waals surface area contributed by atoms with E-state index in [9.17, 15) is 26.3 Å². The van der Waals surface area contributed by atoms with E-state index in [0.717, 1.165) is 0 Å². The fourth-order valence-corrected chi connectivity index (χ4v) is 1.29. The van der Waals surface area contributed by atoms with Gasteiger partial charge >= 0.3 is 12.4 Å². The van der Waals surface area contributed by atoms with Gasteiger partial charge in [-0.1, -0.05) is 6.08 Å². The Morgan fingerprint density at radius 1 is 0.944 bits per heavy atom. The Hall–Kier alpha value is -1.66. The van der Waals surface area contributed by atoms with Gasteiger partial charge in [-0.2, -0.15) is 26.3 Å². The van der Waals surface area contributed by atoms with Crippen LogP contribution in [-0.4, -0.2) is 0 Å². The zero-order chi connectivity index (χ0) is 14.1. The molecular weight excluding hydrogens is 260 g/mol. The van der Waals surface area contributed by atoms with Crippen LogP contribution in [0.2, 0.25) is 0 Å². The molecule has 2 N–H and O–H groups in total. The summed E-state index contributed by atoms with van der Waals surface area (Å²) in [5, 5.41) is 0. The number of halogens is 6. The van der Waals surface area contributed by atoms with Gasteiger partial charge < -0.3 is 5.73 Å². The van der Waals surface area contributed by atoms with Gasteiger partial charge in [0.25, 0.3) is 0 Å². The van der Waals surface area contributed by atoms with Crippen LogP contribution >= 0.6 is 0 Å². The predicted octanol–water partition coefficient (Wildman–Crippen LogP) is 4.04. The van der Waals surface area contributed by atoms with E-state index >= 15 is 0 Å². The second-order valence-electron chi connectivity index (χ2n) is 3.54. The Morgan fingerprint density at radius 3 is 1.61 bits per heavy atom. The highest BCUT2D eigenvalue weighted by molar-refractivity contribution is 5.64. The normalized spacial score (nSPS) is 13.8. The van der Waals surface area contributed by atoms with Gasteiger partial charge in [-0.15, -0.1) is 0 Å². The largest absolute Gasteiger partial charge is 0.416 e. The van der Waals surface area contributed by atoms with Gasteiger partial charge in [0.1, 0.15) is 0 Å². The Labute approximate surface area is 98.9 Å². The quantitative estimate of drug-likeness (QED) is 0.765. The molecule has 0 aliphatic heterocycles. The van der Waals surface area contributed by atoms with E-state index in [1.807, 2.05) is 0 Å². The standard InChI is InChI=1S/C11H9F6N/c1-2-9(18)6-3-7(10(12,13)14)5-8(4-6)11(15,16)17/h2-5H,18H2,1H3. The van der Waals surface area contributed by atoms with Crippen LogP contribution in [0.3, 0.4) is 0 Å². The van der Waals surface area contributed by atoms with Crippen LogP contribution < -0.4 is 5.73 Å². The fraction of sp³-hybridized carbons (Fsp3) is 0.273. The maximum absolute atomic E-state index is 12.5. The van der Waals surface area contributed by atoms with E-state index in [4.69, 9.17) is 5.73 Å². The van der Waals surface area contributed by atoms with Gasteiger partial charge in [0.05, 0.1) is 11.1 Å². The molecule has 0 amide bonds. The number of rotatable bonds is 1. The van der Waals surface area contributed by atoms with Gasteiger partial charge in [0.2, 0.25) is 0 Å². The van der Waals surface area contributed by atoms with Crippen LogP contribution in [0.25, 0.3) is 5.70 Å². The summed E-state index contributed by atoms with van der Waals surface area (Å²) in [5.41, 5.74) is 2.14. The minimum absolute atomic E-state index is 0.0619. The van der Waals surface area contributed by atoms with Crippen molar-refractivity contribution in [2.75, 3.05) is 0 Å². The van der Waals surface area contributed by atoms with Crippen molar-refractivity contribution in [3.63, 3.8) is 0 Å². The van der Waals surface area contributed by atoms with Crippen molar-refractivity contribution in [1.82, 2.24) is 0 Å². The third kappa shape index (κ3) is 3.18. The zero-order valence-electron chi connectivity index (χ0n) is 9.15.